The monoisotopic (exact) mass is 292 g/mol. The topological polar surface area (TPSA) is 110 Å². The van der Waals surface area contributed by atoms with Crippen LogP contribution in [-0.4, -0.2) is 28.5 Å². The number of nitrogens with one attached hydrogen (secondary N) is 1. The van der Waals surface area contributed by atoms with Crippen LogP contribution in [0.5, 0.6) is 0 Å². The Morgan fingerprint density at radius 2 is 2.05 bits per heavy atom. The van der Waals surface area contributed by atoms with Crippen LogP contribution in [0.2, 0.25) is 0 Å². The summed E-state index contributed by atoms with van der Waals surface area (Å²) in [6.45, 7) is 3.11. The van der Waals surface area contributed by atoms with E-state index in [9.17, 15) is 18.0 Å². The molecule has 0 aliphatic heterocycles. The van der Waals surface area contributed by atoms with Crippen molar-refractivity contribution in [3.63, 3.8) is 0 Å². The molecule has 0 unspecified atom stereocenters. The first-order valence-corrected chi connectivity index (χ1v) is 5.63. The third-order valence-electron chi connectivity index (χ3n) is 2.38. The van der Waals surface area contributed by atoms with E-state index in [-0.39, 0.29) is 18.4 Å². The molecule has 1 amide bonds. The molecule has 0 saturated heterocycles. The van der Waals surface area contributed by atoms with Crippen LogP contribution in [0, 0.1) is 0 Å². The van der Waals surface area contributed by atoms with Crippen LogP contribution in [0.3, 0.4) is 0 Å². The molecule has 112 valence electrons. The van der Waals surface area contributed by atoms with E-state index in [1.54, 1.807) is 13.8 Å². The van der Waals surface area contributed by atoms with Gasteiger partial charge in [0.15, 0.2) is 5.69 Å². The number of anilines is 2. The van der Waals surface area contributed by atoms with E-state index in [2.05, 4.69) is 9.97 Å². The van der Waals surface area contributed by atoms with Crippen LogP contribution in [0.4, 0.5) is 24.9 Å². The number of hydrogen-bond acceptors (Lipinski definition) is 6. The summed E-state index contributed by atoms with van der Waals surface area (Å²) in [7, 11) is 0. The average molecular weight is 292 g/mol. The van der Waals surface area contributed by atoms with Gasteiger partial charge < -0.3 is 10.6 Å². The van der Waals surface area contributed by atoms with E-state index in [1.807, 2.05) is 5.43 Å². The van der Waals surface area contributed by atoms with Gasteiger partial charge in [-0.15, -0.1) is 0 Å². The molecule has 1 rings (SSSR count). The number of primary amides is 1. The van der Waals surface area contributed by atoms with Gasteiger partial charge >= 0.3 is 6.18 Å². The van der Waals surface area contributed by atoms with Crippen LogP contribution < -0.4 is 21.9 Å². The van der Waals surface area contributed by atoms with Crippen molar-refractivity contribution in [3.05, 3.63) is 11.8 Å². The molecule has 0 aromatic carbocycles. The lowest BCUT2D eigenvalue weighted by molar-refractivity contribution is -0.141. The molecule has 0 aliphatic carbocycles. The van der Waals surface area contributed by atoms with Gasteiger partial charge in [0, 0.05) is 12.1 Å². The maximum absolute atomic E-state index is 12.7. The highest BCUT2D eigenvalue weighted by Crippen LogP contribution is 2.30. The molecule has 0 bridgehead atoms. The van der Waals surface area contributed by atoms with E-state index in [1.165, 1.54) is 4.90 Å². The van der Waals surface area contributed by atoms with Crippen LogP contribution >= 0.6 is 0 Å². The van der Waals surface area contributed by atoms with Crippen molar-refractivity contribution in [2.45, 2.75) is 26.1 Å². The van der Waals surface area contributed by atoms with E-state index in [0.717, 1.165) is 6.07 Å². The third-order valence-corrected chi connectivity index (χ3v) is 2.38. The molecule has 1 aromatic heterocycles. The summed E-state index contributed by atoms with van der Waals surface area (Å²) in [5.41, 5.74) is 5.88. The molecule has 0 aliphatic rings. The van der Waals surface area contributed by atoms with Gasteiger partial charge in [0.05, 0.1) is 6.54 Å². The fourth-order valence-corrected chi connectivity index (χ4v) is 1.49. The van der Waals surface area contributed by atoms with Crippen molar-refractivity contribution in [1.82, 2.24) is 9.97 Å². The number of nitrogen functional groups attached to an aromatic ring is 1. The van der Waals surface area contributed by atoms with Crippen LogP contribution in [0.1, 0.15) is 19.5 Å². The molecular weight excluding hydrogens is 277 g/mol. The fraction of sp³-hybridized carbons (Fsp3) is 0.500. The Morgan fingerprint density at radius 3 is 2.45 bits per heavy atom. The molecule has 5 N–H and O–H groups in total. The Kier molecular flexibility index (Phi) is 4.71. The van der Waals surface area contributed by atoms with Gasteiger partial charge in [0.1, 0.15) is 5.82 Å². The van der Waals surface area contributed by atoms with Crippen molar-refractivity contribution < 1.29 is 18.0 Å². The van der Waals surface area contributed by atoms with E-state index < -0.39 is 23.7 Å². The smallest absolute Gasteiger partial charge is 0.368 e. The number of alkyl halides is 3. The summed E-state index contributed by atoms with van der Waals surface area (Å²) in [5.74, 6) is 3.88. The fourth-order valence-electron chi connectivity index (χ4n) is 1.49. The first kappa shape index (κ1) is 16.0. The molecule has 1 heterocycles. The number of rotatable bonds is 5. The average Bonchev–Trinajstić information content (AvgIpc) is 2.33. The van der Waals surface area contributed by atoms with E-state index >= 15 is 0 Å². The van der Waals surface area contributed by atoms with Crippen molar-refractivity contribution in [1.29, 1.82) is 0 Å². The predicted octanol–water partition coefficient (Wildman–Crippen LogP) is 0.481. The molecule has 20 heavy (non-hydrogen) atoms. The molecule has 0 saturated carbocycles. The van der Waals surface area contributed by atoms with Crippen molar-refractivity contribution in [2.75, 3.05) is 16.9 Å². The number of nitrogens with zero attached hydrogens (tertiary/aromatic N) is 3. The second-order valence-electron chi connectivity index (χ2n) is 4.27. The molecule has 10 heteroatoms. The number of carbonyl (C=O) groups is 1. The Labute approximate surface area is 113 Å². The van der Waals surface area contributed by atoms with Gasteiger partial charge in [-0.2, -0.15) is 18.2 Å². The second-order valence-corrected chi connectivity index (χ2v) is 4.27. The Bertz CT molecular complexity index is 490. The lowest BCUT2D eigenvalue weighted by Crippen LogP contribution is -2.39. The number of carbonyl (C=O) groups excluding carboxylic acids is 1. The molecule has 0 atom stereocenters. The highest BCUT2D eigenvalue weighted by molar-refractivity contribution is 5.79. The maximum atomic E-state index is 12.7. The number of halogens is 3. The van der Waals surface area contributed by atoms with Gasteiger partial charge in [-0.1, -0.05) is 0 Å². The third kappa shape index (κ3) is 3.95. The molecular formula is C10H15F3N6O. The van der Waals surface area contributed by atoms with Crippen LogP contribution in [0.15, 0.2) is 6.07 Å². The highest BCUT2D eigenvalue weighted by Gasteiger charge is 2.34. The van der Waals surface area contributed by atoms with Gasteiger partial charge in [0.25, 0.3) is 0 Å². The van der Waals surface area contributed by atoms with E-state index in [4.69, 9.17) is 11.6 Å². The minimum absolute atomic E-state index is 0.0888. The first-order chi connectivity index (χ1) is 9.15. The maximum Gasteiger partial charge on any atom is 0.433 e. The summed E-state index contributed by atoms with van der Waals surface area (Å²) in [6.07, 6.45) is -4.65. The zero-order valence-corrected chi connectivity index (χ0v) is 10.9. The molecule has 1 aromatic rings. The van der Waals surface area contributed by atoms with Crippen molar-refractivity contribution in [3.8, 4) is 0 Å². The zero-order chi connectivity index (χ0) is 15.5. The minimum atomic E-state index is -4.65. The Hall–Kier alpha value is -2.10. The van der Waals surface area contributed by atoms with Crippen LogP contribution in [0.25, 0.3) is 0 Å². The summed E-state index contributed by atoms with van der Waals surface area (Å²) < 4.78 is 38.2. The summed E-state index contributed by atoms with van der Waals surface area (Å²) >= 11 is 0. The minimum Gasteiger partial charge on any atom is -0.368 e. The first-order valence-electron chi connectivity index (χ1n) is 5.63. The number of amides is 1. The number of aromatic nitrogens is 2. The molecule has 0 spiro atoms. The summed E-state index contributed by atoms with van der Waals surface area (Å²) in [6, 6.07) is 0.452. The zero-order valence-electron chi connectivity index (χ0n) is 10.9. The molecule has 0 fully saturated rings. The normalized spacial score (nSPS) is 11.6. The van der Waals surface area contributed by atoms with E-state index in [0.29, 0.717) is 0 Å². The van der Waals surface area contributed by atoms with Gasteiger partial charge in [-0.05, 0) is 13.8 Å². The van der Waals surface area contributed by atoms with Gasteiger partial charge in [-0.3, -0.25) is 10.2 Å². The number of hydrogen-bond donors (Lipinski definition) is 3. The van der Waals surface area contributed by atoms with Crippen LogP contribution in [-0.2, 0) is 11.0 Å². The number of hydrazine groups is 1. The Morgan fingerprint density at radius 1 is 1.45 bits per heavy atom. The predicted molar refractivity (Wildman–Crippen MR) is 66.5 cm³/mol. The largest absolute Gasteiger partial charge is 0.433 e. The molecule has 0 radical (unpaired) electrons. The van der Waals surface area contributed by atoms with Gasteiger partial charge in [0.2, 0.25) is 11.9 Å². The molecule has 7 nitrogen and oxygen atoms in total. The number of nitrogens with two attached hydrogens (primary N) is 2. The standard InChI is InChI=1S/C10H15F3N6O/c1-5(2)19(4-7(14)20)8-3-6(10(11,12)13)16-9(17-8)18-15/h3,5H,4,15H2,1-2H3,(H2,14,20)(H,16,17,18). The summed E-state index contributed by atoms with van der Waals surface area (Å²) in [4.78, 5) is 19.4. The highest BCUT2D eigenvalue weighted by atomic mass is 19.4. The van der Waals surface area contributed by atoms with Gasteiger partial charge in [-0.25, -0.2) is 10.8 Å². The van der Waals surface area contributed by atoms with Crippen molar-refractivity contribution >= 4 is 17.7 Å². The lowest BCUT2D eigenvalue weighted by Gasteiger charge is -2.27. The second kappa shape index (κ2) is 5.90. The summed E-state index contributed by atoms with van der Waals surface area (Å²) in [5, 5.41) is 0. The Balaban J connectivity index is 3.30. The quantitative estimate of drug-likeness (QED) is 0.538. The lowest BCUT2D eigenvalue weighted by atomic mass is 10.3. The SMILES string of the molecule is CC(C)N(CC(N)=O)c1cc(C(F)(F)F)nc(NN)n1. The van der Waals surface area contributed by atoms with Crippen molar-refractivity contribution in [2.24, 2.45) is 11.6 Å².